The molecule has 0 aromatic rings. The van der Waals surface area contributed by atoms with Crippen LogP contribution in [0.1, 0.15) is 19.8 Å². The van der Waals surface area contributed by atoms with Crippen molar-refractivity contribution in [3.05, 3.63) is 12.2 Å². The van der Waals surface area contributed by atoms with Crippen molar-refractivity contribution in [2.75, 3.05) is 6.61 Å². The fourth-order valence-electron chi connectivity index (χ4n) is 2.50. The quantitative estimate of drug-likeness (QED) is 0.424. The lowest BCUT2D eigenvalue weighted by atomic mass is 9.71. The lowest BCUT2D eigenvalue weighted by molar-refractivity contribution is -0.163. The average molecular weight is 198 g/mol. The summed E-state index contributed by atoms with van der Waals surface area (Å²) in [5, 5.41) is 19.8. The van der Waals surface area contributed by atoms with Crippen molar-refractivity contribution in [3.8, 4) is 0 Å². The molecule has 1 saturated heterocycles. The maximum atomic E-state index is 11.2. The van der Waals surface area contributed by atoms with E-state index in [4.69, 9.17) is 4.74 Å². The van der Waals surface area contributed by atoms with E-state index in [1.165, 1.54) is 0 Å². The largest absolute Gasteiger partial charge is 0.462 e. The van der Waals surface area contributed by atoms with Gasteiger partial charge in [-0.25, -0.2) is 4.79 Å². The number of fused-ring (bicyclic) bond motifs is 1. The molecule has 3 atom stereocenters. The fraction of sp³-hybridized carbons (Fsp3) is 0.700. The summed E-state index contributed by atoms with van der Waals surface area (Å²) in [7, 11) is 0. The molecule has 0 spiro atoms. The normalized spacial score (nSPS) is 47.5. The summed E-state index contributed by atoms with van der Waals surface area (Å²) in [4.78, 5) is 11.2. The van der Waals surface area contributed by atoms with E-state index in [2.05, 4.69) is 6.58 Å². The lowest BCUT2D eigenvalue weighted by Crippen LogP contribution is -2.52. The highest BCUT2D eigenvalue weighted by atomic mass is 16.5. The molecule has 0 radical (unpaired) electrons. The van der Waals surface area contributed by atoms with Crippen molar-refractivity contribution in [1.29, 1.82) is 0 Å². The molecule has 1 aliphatic heterocycles. The Balaban J connectivity index is 2.42. The van der Waals surface area contributed by atoms with E-state index in [1.54, 1.807) is 6.92 Å². The van der Waals surface area contributed by atoms with Crippen LogP contribution in [0, 0.1) is 5.41 Å². The Morgan fingerprint density at radius 1 is 1.57 bits per heavy atom. The van der Waals surface area contributed by atoms with Crippen LogP contribution in [0.5, 0.6) is 0 Å². The molecule has 0 aromatic heterocycles. The zero-order valence-electron chi connectivity index (χ0n) is 8.12. The standard InChI is InChI=1S/C10H14O4/c1-6-8(12)14-5-9(2)3-7(11)4-10(6,9)13/h7,11,13H,1,3-5H2,2H3/t7-,9-,10+/m0/s1. The summed E-state index contributed by atoms with van der Waals surface area (Å²) >= 11 is 0. The van der Waals surface area contributed by atoms with Crippen LogP contribution in [-0.4, -0.2) is 34.5 Å². The van der Waals surface area contributed by atoms with Gasteiger partial charge in [0.2, 0.25) is 0 Å². The molecule has 1 saturated carbocycles. The van der Waals surface area contributed by atoms with Crippen LogP contribution < -0.4 is 0 Å². The first-order valence-corrected chi connectivity index (χ1v) is 4.66. The third-order valence-corrected chi connectivity index (χ3v) is 3.48. The molecule has 1 heterocycles. The van der Waals surface area contributed by atoms with E-state index < -0.39 is 23.1 Å². The molecular formula is C10H14O4. The zero-order chi connectivity index (χ0) is 10.6. The molecule has 2 fully saturated rings. The summed E-state index contributed by atoms with van der Waals surface area (Å²) in [6.07, 6.45) is 0.0315. The number of esters is 1. The molecular weight excluding hydrogens is 184 g/mol. The Morgan fingerprint density at radius 2 is 2.21 bits per heavy atom. The van der Waals surface area contributed by atoms with Gasteiger partial charge in [-0.05, 0) is 6.42 Å². The van der Waals surface area contributed by atoms with Crippen molar-refractivity contribution in [3.63, 3.8) is 0 Å². The van der Waals surface area contributed by atoms with Crippen LogP contribution in [0.4, 0.5) is 0 Å². The first-order chi connectivity index (χ1) is 6.39. The predicted molar refractivity (Wildman–Crippen MR) is 48.4 cm³/mol. The second-order valence-corrected chi connectivity index (χ2v) is 4.54. The number of carbonyl (C=O) groups excluding carboxylic acids is 1. The predicted octanol–water partition coefficient (Wildman–Crippen LogP) is -0.00850. The van der Waals surface area contributed by atoms with Crippen LogP contribution in [0.25, 0.3) is 0 Å². The number of rotatable bonds is 0. The van der Waals surface area contributed by atoms with Crippen molar-refractivity contribution in [1.82, 2.24) is 0 Å². The van der Waals surface area contributed by atoms with Crippen LogP contribution in [0.15, 0.2) is 12.2 Å². The smallest absolute Gasteiger partial charge is 0.336 e. The molecule has 1 aliphatic carbocycles. The van der Waals surface area contributed by atoms with Crippen LogP contribution in [0.3, 0.4) is 0 Å². The number of hydrogen-bond donors (Lipinski definition) is 2. The summed E-state index contributed by atoms with van der Waals surface area (Å²) < 4.78 is 4.91. The summed E-state index contributed by atoms with van der Waals surface area (Å²) in [6, 6.07) is 0. The number of ether oxygens (including phenoxy) is 1. The maximum absolute atomic E-state index is 11.2. The second kappa shape index (κ2) is 2.58. The van der Waals surface area contributed by atoms with Gasteiger partial charge in [0.15, 0.2) is 0 Å². The van der Waals surface area contributed by atoms with Crippen LogP contribution in [0.2, 0.25) is 0 Å². The number of hydrogen-bond acceptors (Lipinski definition) is 4. The Bertz CT molecular complexity index is 311. The highest BCUT2D eigenvalue weighted by Gasteiger charge is 2.60. The molecule has 2 aliphatic rings. The molecule has 2 N–H and O–H groups in total. The van der Waals surface area contributed by atoms with Gasteiger partial charge in [-0.2, -0.15) is 0 Å². The van der Waals surface area contributed by atoms with Gasteiger partial charge in [0.1, 0.15) is 12.2 Å². The zero-order valence-corrected chi connectivity index (χ0v) is 8.12. The topological polar surface area (TPSA) is 66.8 Å². The van der Waals surface area contributed by atoms with E-state index in [1.807, 2.05) is 0 Å². The third kappa shape index (κ3) is 0.980. The van der Waals surface area contributed by atoms with Gasteiger partial charge in [0.05, 0.1) is 11.7 Å². The van der Waals surface area contributed by atoms with E-state index in [9.17, 15) is 15.0 Å². The van der Waals surface area contributed by atoms with E-state index >= 15 is 0 Å². The summed E-state index contributed by atoms with van der Waals surface area (Å²) in [5.74, 6) is -0.556. The van der Waals surface area contributed by atoms with Crippen molar-refractivity contribution < 1.29 is 19.7 Å². The van der Waals surface area contributed by atoms with Crippen LogP contribution >= 0.6 is 0 Å². The average Bonchev–Trinajstić information content (AvgIpc) is 2.33. The SMILES string of the molecule is C=C1C(=O)OC[C@]2(C)C[C@H](O)C[C@@]12O. The van der Waals surface area contributed by atoms with Gasteiger partial charge >= 0.3 is 5.97 Å². The Kier molecular flexibility index (Phi) is 1.78. The lowest BCUT2D eigenvalue weighted by Gasteiger charge is -2.43. The van der Waals surface area contributed by atoms with E-state index in [0.29, 0.717) is 6.42 Å². The minimum absolute atomic E-state index is 0.0720. The third-order valence-electron chi connectivity index (χ3n) is 3.48. The molecule has 0 bridgehead atoms. The number of carbonyl (C=O) groups is 1. The summed E-state index contributed by atoms with van der Waals surface area (Å²) in [5.41, 5.74) is -1.80. The molecule has 0 aromatic carbocycles. The van der Waals surface area contributed by atoms with Gasteiger partial charge in [-0.1, -0.05) is 13.5 Å². The molecule has 0 amide bonds. The fourth-order valence-corrected chi connectivity index (χ4v) is 2.50. The number of aliphatic hydroxyl groups is 2. The van der Waals surface area contributed by atoms with Gasteiger partial charge in [0, 0.05) is 11.8 Å². The van der Waals surface area contributed by atoms with Gasteiger partial charge < -0.3 is 14.9 Å². The minimum Gasteiger partial charge on any atom is -0.462 e. The van der Waals surface area contributed by atoms with Crippen molar-refractivity contribution >= 4 is 5.97 Å². The first kappa shape index (κ1) is 9.68. The highest BCUT2D eigenvalue weighted by Crippen LogP contribution is 2.52. The van der Waals surface area contributed by atoms with E-state index in [-0.39, 0.29) is 18.6 Å². The van der Waals surface area contributed by atoms with Gasteiger partial charge in [0.25, 0.3) is 0 Å². The molecule has 78 valence electrons. The summed E-state index contributed by atoms with van der Waals surface area (Å²) in [6.45, 7) is 5.51. The highest BCUT2D eigenvalue weighted by molar-refractivity contribution is 5.91. The number of aliphatic hydroxyl groups excluding tert-OH is 1. The Morgan fingerprint density at radius 3 is 2.86 bits per heavy atom. The molecule has 4 heteroatoms. The monoisotopic (exact) mass is 198 g/mol. The van der Waals surface area contributed by atoms with Crippen molar-refractivity contribution in [2.45, 2.75) is 31.5 Å². The molecule has 14 heavy (non-hydrogen) atoms. The maximum Gasteiger partial charge on any atom is 0.336 e. The van der Waals surface area contributed by atoms with Crippen LogP contribution in [-0.2, 0) is 9.53 Å². The molecule has 0 unspecified atom stereocenters. The molecule has 4 nitrogen and oxygen atoms in total. The number of cyclic esters (lactones) is 1. The van der Waals surface area contributed by atoms with E-state index in [0.717, 1.165) is 0 Å². The van der Waals surface area contributed by atoms with Gasteiger partial charge in [-0.15, -0.1) is 0 Å². The Labute approximate surface area is 82.2 Å². The second-order valence-electron chi connectivity index (χ2n) is 4.54. The first-order valence-electron chi connectivity index (χ1n) is 4.66. The minimum atomic E-state index is -1.29. The molecule has 2 rings (SSSR count). The Hall–Kier alpha value is -0.870. The van der Waals surface area contributed by atoms with Gasteiger partial charge in [-0.3, -0.25) is 0 Å². The van der Waals surface area contributed by atoms with Crippen molar-refractivity contribution in [2.24, 2.45) is 5.41 Å².